The van der Waals surface area contributed by atoms with Gasteiger partial charge < -0.3 is 32.7 Å². The Morgan fingerprint density at radius 3 is 1.33 bits per heavy atom. The van der Waals surface area contributed by atoms with Crippen LogP contribution in [0.4, 0.5) is 9.59 Å². The summed E-state index contributed by atoms with van der Waals surface area (Å²) in [6.07, 6.45) is 11.8. The molecule has 4 rings (SSSR count). The highest BCUT2D eigenvalue weighted by atomic mass is 16.2. The van der Waals surface area contributed by atoms with E-state index in [0.717, 1.165) is 73.3 Å². The fourth-order valence-electron chi connectivity index (χ4n) is 7.36. The molecule has 6 amide bonds. The minimum absolute atomic E-state index is 0.0429. The minimum atomic E-state index is -0.535. The quantitative estimate of drug-likeness (QED) is 0.0487. The second kappa shape index (κ2) is 21.1. The summed E-state index contributed by atoms with van der Waals surface area (Å²) >= 11 is 0. The highest BCUT2D eigenvalue weighted by Crippen LogP contribution is 2.29. The number of unbranched alkanes of at least 4 members (excludes halogenated alkanes) is 8. The average Bonchev–Trinajstić information content (AvgIpc) is 3.49. The summed E-state index contributed by atoms with van der Waals surface area (Å²) < 4.78 is 0. The maximum atomic E-state index is 13.7. The fraction of sp³-hybridized carbons (Fsp3) is 0.600. The van der Waals surface area contributed by atoms with Crippen molar-refractivity contribution in [3.05, 3.63) is 47.5 Å². The predicted octanol–water partition coefficient (Wildman–Crippen LogP) is 5.15. The summed E-state index contributed by atoms with van der Waals surface area (Å²) in [6.45, 7) is 6.71. The van der Waals surface area contributed by atoms with Gasteiger partial charge in [0.15, 0.2) is 11.9 Å². The lowest BCUT2D eigenvalue weighted by molar-refractivity contribution is -0.129. The summed E-state index contributed by atoms with van der Waals surface area (Å²) in [7, 11) is 0. The standard InChI is InChI=1S/C40H62N10O4/c1-3-5-7-13-23-47-35(51)33(15-9-11-21-45-37(41)42)49(39(47)53)27-29-17-19-32-26-30(18-20-31(32)25-29)28-50-34(16-10-12-22-46-38(43)44)36(52)48(40(50)54)24-14-8-6-4-2/h17-20,25-26,33-34H,3-16,21-24,27-28H2,1-2H3,(H4,41,42,45)(H4,43,44,46)/t33-,34-/m0/s1. The van der Waals surface area contributed by atoms with E-state index in [2.05, 4.69) is 36.0 Å². The lowest BCUT2D eigenvalue weighted by Gasteiger charge is -2.23. The van der Waals surface area contributed by atoms with Gasteiger partial charge in [0.05, 0.1) is 0 Å². The number of fused-ring (bicyclic) bond motifs is 1. The Bertz CT molecular complexity index is 1520. The van der Waals surface area contributed by atoms with Gasteiger partial charge in [0.1, 0.15) is 12.1 Å². The summed E-state index contributed by atoms with van der Waals surface area (Å²) in [5.41, 5.74) is 23.7. The largest absolute Gasteiger partial charge is 0.370 e. The molecule has 8 N–H and O–H groups in total. The molecule has 2 fully saturated rings. The van der Waals surface area contributed by atoms with E-state index in [-0.39, 0.29) is 35.8 Å². The van der Waals surface area contributed by atoms with Crippen molar-refractivity contribution in [3.63, 3.8) is 0 Å². The number of carbonyl (C=O) groups excluding carboxylic acids is 4. The molecule has 0 radical (unpaired) electrons. The molecule has 2 aromatic carbocycles. The minimum Gasteiger partial charge on any atom is -0.370 e. The maximum Gasteiger partial charge on any atom is 0.327 e. The molecule has 2 atom stereocenters. The van der Waals surface area contributed by atoms with E-state index in [4.69, 9.17) is 22.9 Å². The van der Waals surface area contributed by atoms with E-state index >= 15 is 0 Å². The molecule has 54 heavy (non-hydrogen) atoms. The number of hydrogen-bond acceptors (Lipinski definition) is 6. The van der Waals surface area contributed by atoms with Crippen molar-refractivity contribution in [2.45, 2.75) is 129 Å². The van der Waals surface area contributed by atoms with Crippen molar-refractivity contribution in [1.29, 1.82) is 0 Å². The molecule has 2 aliphatic heterocycles. The molecule has 14 nitrogen and oxygen atoms in total. The maximum absolute atomic E-state index is 13.7. The van der Waals surface area contributed by atoms with Gasteiger partial charge in [-0.3, -0.25) is 29.4 Å². The van der Waals surface area contributed by atoms with E-state index in [1.165, 1.54) is 9.80 Å². The Kier molecular flexibility index (Phi) is 16.4. The summed E-state index contributed by atoms with van der Waals surface area (Å²) in [5.74, 6) is -0.182. The van der Waals surface area contributed by atoms with Crippen molar-refractivity contribution >= 4 is 46.6 Å². The lowest BCUT2D eigenvalue weighted by Crippen LogP contribution is -2.35. The van der Waals surface area contributed by atoms with Crippen LogP contribution in [0.25, 0.3) is 10.8 Å². The van der Waals surface area contributed by atoms with Crippen LogP contribution in [-0.4, -0.2) is 93.7 Å². The number of rotatable bonds is 24. The molecular weight excluding hydrogens is 685 g/mol. The van der Waals surface area contributed by atoms with Crippen LogP contribution in [0.2, 0.25) is 0 Å². The van der Waals surface area contributed by atoms with Crippen LogP contribution in [0.5, 0.6) is 0 Å². The number of carbonyl (C=O) groups is 4. The molecule has 0 saturated carbocycles. The van der Waals surface area contributed by atoms with Crippen molar-refractivity contribution < 1.29 is 19.2 Å². The van der Waals surface area contributed by atoms with Gasteiger partial charge in [0, 0.05) is 39.3 Å². The van der Waals surface area contributed by atoms with Gasteiger partial charge in [-0.25, -0.2) is 9.59 Å². The fourth-order valence-corrected chi connectivity index (χ4v) is 7.36. The molecule has 0 bridgehead atoms. The number of imide groups is 2. The first-order valence-corrected chi connectivity index (χ1v) is 19.9. The van der Waals surface area contributed by atoms with Crippen molar-refractivity contribution in [3.8, 4) is 0 Å². The first-order chi connectivity index (χ1) is 26.0. The molecule has 2 saturated heterocycles. The first-order valence-electron chi connectivity index (χ1n) is 19.9. The van der Waals surface area contributed by atoms with Crippen molar-refractivity contribution in [2.75, 3.05) is 26.2 Å². The highest BCUT2D eigenvalue weighted by Gasteiger charge is 2.45. The van der Waals surface area contributed by atoms with Gasteiger partial charge in [0.2, 0.25) is 0 Å². The molecule has 0 unspecified atom stereocenters. The molecular formula is C40H62N10O4. The number of nitrogens with two attached hydrogens (primary N) is 4. The number of urea groups is 2. The predicted molar refractivity (Wildman–Crippen MR) is 214 cm³/mol. The normalized spacial score (nSPS) is 17.4. The second-order valence-corrected chi connectivity index (χ2v) is 14.6. The SMILES string of the molecule is CCCCCCN1C(=O)[C@H](CCCCN=C(N)N)N(Cc2ccc3cc(CN4C(=O)N(CCCCCC)C(=O)[C@@H]4CCCCN=C(N)N)ccc3c2)C1=O. The van der Waals surface area contributed by atoms with E-state index in [9.17, 15) is 19.2 Å². The molecule has 0 aliphatic carbocycles. The zero-order chi connectivity index (χ0) is 39.0. The van der Waals surface area contributed by atoms with E-state index in [1.807, 2.05) is 24.3 Å². The molecule has 14 heteroatoms. The number of hydrogen-bond donors (Lipinski definition) is 4. The smallest absolute Gasteiger partial charge is 0.327 e. The van der Waals surface area contributed by atoms with Crippen molar-refractivity contribution in [1.82, 2.24) is 19.6 Å². The van der Waals surface area contributed by atoms with Gasteiger partial charge in [0.25, 0.3) is 11.8 Å². The van der Waals surface area contributed by atoms with E-state index in [1.54, 1.807) is 9.80 Å². The Morgan fingerprint density at radius 2 is 0.963 bits per heavy atom. The summed E-state index contributed by atoms with van der Waals surface area (Å²) in [4.78, 5) is 68.8. The first kappa shape index (κ1) is 41.9. The molecule has 0 aromatic heterocycles. The zero-order valence-electron chi connectivity index (χ0n) is 32.4. The number of guanidine groups is 2. The van der Waals surface area contributed by atoms with Crippen LogP contribution in [0.15, 0.2) is 46.4 Å². The van der Waals surface area contributed by atoms with Gasteiger partial charge >= 0.3 is 12.1 Å². The van der Waals surface area contributed by atoms with Gasteiger partial charge in [-0.05, 0) is 85.4 Å². The summed E-state index contributed by atoms with van der Waals surface area (Å²) in [6, 6.07) is 10.6. The Morgan fingerprint density at radius 1 is 0.556 bits per heavy atom. The molecule has 2 aromatic rings. The third kappa shape index (κ3) is 11.6. The summed E-state index contributed by atoms with van der Waals surface area (Å²) in [5, 5.41) is 1.97. The Hall–Kier alpha value is -4.88. The average molecular weight is 747 g/mol. The van der Waals surface area contributed by atoms with Gasteiger partial charge in [-0.15, -0.1) is 0 Å². The van der Waals surface area contributed by atoms with Crippen LogP contribution in [0.1, 0.15) is 115 Å². The number of aliphatic imine (C=N–C) groups is 2. The van der Waals surface area contributed by atoms with Crippen LogP contribution >= 0.6 is 0 Å². The molecule has 296 valence electrons. The number of amides is 6. The van der Waals surface area contributed by atoms with Crippen LogP contribution in [0.3, 0.4) is 0 Å². The van der Waals surface area contributed by atoms with Crippen LogP contribution < -0.4 is 22.9 Å². The lowest BCUT2D eigenvalue weighted by atomic mass is 10.0. The van der Waals surface area contributed by atoms with Gasteiger partial charge in [-0.2, -0.15) is 0 Å². The number of benzene rings is 2. The topological polar surface area (TPSA) is 210 Å². The van der Waals surface area contributed by atoms with Gasteiger partial charge in [-0.1, -0.05) is 76.6 Å². The molecule has 2 aliphatic rings. The third-order valence-corrected chi connectivity index (χ3v) is 10.3. The van der Waals surface area contributed by atoms with Crippen LogP contribution in [0, 0.1) is 0 Å². The second-order valence-electron chi connectivity index (χ2n) is 14.6. The van der Waals surface area contributed by atoms with E-state index < -0.39 is 12.1 Å². The molecule has 0 spiro atoms. The number of nitrogens with zero attached hydrogens (tertiary/aromatic N) is 6. The highest BCUT2D eigenvalue weighted by molar-refractivity contribution is 6.05. The van der Waals surface area contributed by atoms with Crippen molar-refractivity contribution in [2.24, 2.45) is 32.9 Å². The molecule has 2 heterocycles. The Labute approximate surface area is 320 Å². The Balaban J connectivity index is 1.48. The third-order valence-electron chi connectivity index (χ3n) is 10.3. The monoisotopic (exact) mass is 746 g/mol. The van der Waals surface area contributed by atoms with E-state index in [0.29, 0.717) is 77.8 Å². The van der Waals surface area contributed by atoms with Crippen LogP contribution in [-0.2, 0) is 22.7 Å². The zero-order valence-corrected chi connectivity index (χ0v) is 32.4.